The number of methoxy groups -OCH3 is 1. The molecule has 0 unspecified atom stereocenters. The lowest BCUT2D eigenvalue weighted by atomic mass is 10.1. The van der Waals surface area contributed by atoms with Crippen molar-refractivity contribution >= 4 is 23.0 Å². The Kier molecular flexibility index (Phi) is 5.87. The molecule has 1 aromatic heterocycles. The number of nitrogens with zero attached hydrogens (tertiary/aromatic N) is 2. The number of pyridine rings is 1. The second-order valence-electron chi connectivity index (χ2n) is 6.53. The van der Waals surface area contributed by atoms with Gasteiger partial charge in [0.15, 0.2) is 5.11 Å². The molecule has 0 spiro atoms. The molecule has 3 rings (SSSR count). The van der Waals surface area contributed by atoms with Crippen LogP contribution in [0.1, 0.15) is 36.8 Å². The van der Waals surface area contributed by atoms with Crippen molar-refractivity contribution in [2.75, 3.05) is 12.4 Å². The van der Waals surface area contributed by atoms with E-state index in [0.29, 0.717) is 6.04 Å². The highest BCUT2D eigenvalue weighted by atomic mass is 32.1. The normalized spacial score (nSPS) is 14.3. The summed E-state index contributed by atoms with van der Waals surface area (Å²) in [6, 6.07) is 10.6. The van der Waals surface area contributed by atoms with Gasteiger partial charge in [0.25, 0.3) is 0 Å². The first-order valence-corrected chi connectivity index (χ1v) is 9.19. The first-order valence-electron chi connectivity index (χ1n) is 8.78. The zero-order valence-electron chi connectivity index (χ0n) is 14.9. The molecule has 0 aliphatic heterocycles. The Bertz CT molecular complexity index is 714. The summed E-state index contributed by atoms with van der Waals surface area (Å²) in [4.78, 5) is 6.45. The van der Waals surface area contributed by atoms with E-state index in [0.717, 1.165) is 28.7 Å². The molecule has 1 saturated carbocycles. The fraction of sp³-hybridized carbons (Fsp3) is 0.400. The van der Waals surface area contributed by atoms with Gasteiger partial charge in [-0.15, -0.1) is 0 Å². The molecule has 25 heavy (non-hydrogen) atoms. The van der Waals surface area contributed by atoms with Gasteiger partial charge in [-0.25, -0.2) is 0 Å². The van der Waals surface area contributed by atoms with Crippen molar-refractivity contribution < 1.29 is 4.74 Å². The Morgan fingerprint density at radius 3 is 2.60 bits per heavy atom. The average Bonchev–Trinajstić information content (AvgIpc) is 3.16. The van der Waals surface area contributed by atoms with Gasteiger partial charge in [0.1, 0.15) is 5.75 Å². The van der Waals surface area contributed by atoms with Crippen LogP contribution >= 0.6 is 12.2 Å². The molecule has 1 N–H and O–H groups in total. The van der Waals surface area contributed by atoms with Gasteiger partial charge in [-0.1, -0.05) is 12.8 Å². The van der Waals surface area contributed by atoms with Crippen molar-refractivity contribution in [1.29, 1.82) is 0 Å². The van der Waals surface area contributed by atoms with Crippen LogP contribution in [0, 0.1) is 6.92 Å². The van der Waals surface area contributed by atoms with Gasteiger partial charge in [0.2, 0.25) is 0 Å². The zero-order chi connectivity index (χ0) is 17.6. The first-order chi connectivity index (χ1) is 12.2. The number of hydrogen-bond acceptors (Lipinski definition) is 3. The number of ether oxygens (including phenoxy) is 1. The van der Waals surface area contributed by atoms with E-state index >= 15 is 0 Å². The van der Waals surface area contributed by atoms with Crippen LogP contribution in [-0.2, 0) is 6.54 Å². The number of rotatable bonds is 5. The Labute approximate surface area is 155 Å². The van der Waals surface area contributed by atoms with Crippen molar-refractivity contribution in [3.8, 4) is 5.75 Å². The Hall–Kier alpha value is -2.14. The van der Waals surface area contributed by atoms with Crippen molar-refractivity contribution in [3.05, 3.63) is 53.9 Å². The predicted molar refractivity (Wildman–Crippen MR) is 106 cm³/mol. The molecule has 132 valence electrons. The summed E-state index contributed by atoms with van der Waals surface area (Å²) in [7, 11) is 1.68. The summed E-state index contributed by atoms with van der Waals surface area (Å²) >= 11 is 5.78. The van der Waals surface area contributed by atoms with E-state index < -0.39 is 0 Å². The molecule has 4 nitrogen and oxygen atoms in total. The minimum absolute atomic E-state index is 0.506. The summed E-state index contributed by atoms with van der Waals surface area (Å²) in [5.41, 5.74) is 3.39. The lowest BCUT2D eigenvalue weighted by Crippen LogP contribution is -2.41. The van der Waals surface area contributed by atoms with E-state index in [2.05, 4.69) is 34.3 Å². The maximum atomic E-state index is 5.78. The van der Waals surface area contributed by atoms with Crippen LogP contribution in [0.5, 0.6) is 5.75 Å². The molecule has 0 amide bonds. The van der Waals surface area contributed by atoms with Gasteiger partial charge in [-0.2, -0.15) is 0 Å². The lowest BCUT2D eigenvalue weighted by Gasteiger charge is -2.32. The summed E-state index contributed by atoms with van der Waals surface area (Å²) in [5, 5.41) is 4.23. The van der Waals surface area contributed by atoms with Gasteiger partial charge in [-0.05, 0) is 73.4 Å². The Morgan fingerprint density at radius 1 is 1.24 bits per heavy atom. The number of aromatic nitrogens is 1. The molecule has 0 atom stereocenters. The summed E-state index contributed by atoms with van der Waals surface area (Å²) < 4.78 is 5.29. The number of thiocarbonyl (C=S) groups is 1. The highest BCUT2D eigenvalue weighted by molar-refractivity contribution is 7.80. The van der Waals surface area contributed by atoms with Crippen LogP contribution in [0.3, 0.4) is 0 Å². The van der Waals surface area contributed by atoms with Gasteiger partial charge < -0.3 is 15.0 Å². The fourth-order valence-electron chi connectivity index (χ4n) is 3.36. The maximum Gasteiger partial charge on any atom is 0.173 e. The topological polar surface area (TPSA) is 37.4 Å². The van der Waals surface area contributed by atoms with E-state index in [4.69, 9.17) is 17.0 Å². The Morgan fingerprint density at radius 2 is 1.96 bits per heavy atom. The van der Waals surface area contributed by atoms with E-state index in [1.54, 1.807) is 7.11 Å². The third kappa shape index (κ3) is 4.48. The largest absolute Gasteiger partial charge is 0.497 e. The summed E-state index contributed by atoms with van der Waals surface area (Å²) in [6.07, 6.45) is 8.64. The van der Waals surface area contributed by atoms with Crippen LogP contribution < -0.4 is 10.1 Å². The molecule has 1 aliphatic carbocycles. The molecule has 2 aromatic rings. The van der Waals surface area contributed by atoms with E-state index in [1.807, 2.05) is 30.6 Å². The Balaban J connectivity index is 1.76. The van der Waals surface area contributed by atoms with Gasteiger partial charge in [0, 0.05) is 30.7 Å². The number of benzene rings is 1. The zero-order valence-corrected chi connectivity index (χ0v) is 15.7. The molecule has 1 aromatic carbocycles. The number of aryl methyl sites for hydroxylation is 1. The lowest BCUT2D eigenvalue weighted by molar-refractivity contribution is 0.312. The van der Waals surface area contributed by atoms with Crippen molar-refractivity contribution in [2.24, 2.45) is 0 Å². The molecule has 1 heterocycles. The minimum atomic E-state index is 0.506. The van der Waals surface area contributed by atoms with Gasteiger partial charge >= 0.3 is 0 Å². The molecule has 0 bridgehead atoms. The van der Waals surface area contributed by atoms with Crippen molar-refractivity contribution in [2.45, 2.75) is 45.2 Å². The summed E-state index contributed by atoms with van der Waals surface area (Å²) in [6.45, 7) is 2.88. The van der Waals surface area contributed by atoms with Crippen molar-refractivity contribution in [3.63, 3.8) is 0 Å². The number of nitrogens with one attached hydrogen (secondary N) is 1. The van der Waals surface area contributed by atoms with E-state index in [-0.39, 0.29) is 0 Å². The van der Waals surface area contributed by atoms with Crippen LogP contribution in [0.15, 0.2) is 42.7 Å². The number of anilines is 1. The SMILES string of the molecule is COc1ccc(NC(=S)N(Cc2ccncc2)C2CCCC2)c(C)c1. The molecule has 0 saturated heterocycles. The van der Waals surface area contributed by atoms with Gasteiger partial charge in [0.05, 0.1) is 7.11 Å². The third-order valence-electron chi connectivity index (χ3n) is 4.80. The molecule has 0 radical (unpaired) electrons. The molecule has 5 heteroatoms. The summed E-state index contributed by atoms with van der Waals surface area (Å²) in [5.74, 6) is 0.860. The van der Waals surface area contributed by atoms with Crippen LogP contribution in [0.25, 0.3) is 0 Å². The molecule has 1 fully saturated rings. The quantitative estimate of drug-likeness (QED) is 0.797. The second kappa shape index (κ2) is 8.30. The van der Waals surface area contributed by atoms with Crippen molar-refractivity contribution in [1.82, 2.24) is 9.88 Å². The monoisotopic (exact) mass is 355 g/mol. The van der Waals surface area contributed by atoms with Crippen LogP contribution in [0.4, 0.5) is 5.69 Å². The third-order valence-corrected chi connectivity index (χ3v) is 5.14. The number of hydrogen-bond donors (Lipinski definition) is 1. The predicted octanol–water partition coefficient (Wildman–Crippen LogP) is 4.54. The molecule has 1 aliphatic rings. The fourth-order valence-corrected chi connectivity index (χ4v) is 3.68. The van der Waals surface area contributed by atoms with E-state index in [1.165, 1.54) is 31.2 Å². The smallest absolute Gasteiger partial charge is 0.173 e. The maximum absolute atomic E-state index is 5.78. The second-order valence-corrected chi connectivity index (χ2v) is 6.92. The molecular formula is C20H25N3OS. The van der Waals surface area contributed by atoms with Crippen LogP contribution in [0.2, 0.25) is 0 Å². The van der Waals surface area contributed by atoms with Gasteiger partial charge in [-0.3, -0.25) is 4.98 Å². The van der Waals surface area contributed by atoms with Crippen LogP contribution in [-0.4, -0.2) is 28.1 Å². The highest BCUT2D eigenvalue weighted by Crippen LogP contribution is 2.27. The highest BCUT2D eigenvalue weighted by Gasteiger charge is 2.25. The minimum Gasteiger partial charge on any atom is -0.497 e. The standard InChI is InChI=1S/C20H25N3OS/c1-15-13-18(24-2)7-8-19(15)22-20(25)23(17-5-3-4-6-17)14-16-9-11-21-12-10-16/h7-13,17H,3-6,14H2,1-2H3,(H,22,25). The average molecular weight is 356 g/mol. The van der Waals surface area contributed by atoms with E-state index in [9.17, 15) is 0 Å². The molecular weight excluding hydrogens is 330 g/mol. The first kappa shape index (κ1) is 17.7.